The maximum atomic E-state index is 12.3. The summed E-state index contributed by atoms with van der Waals surface area (Å²) in [5.74, 6) is 1.27. The molecule has 1 saturated heterocycles. The normalized spacial score (nSPS) is 15.2. The van der Waals surface area contributed by atoms with Gasteiger partial charge >= 0.3 is 6.03 Å². The Labute approximate surface area is 145 Å². The van der Waals surface area contributed by atoms with E-state index in [1.54, 1.807) is 29.3 Å². The van der Waals surface area contributed by atoms with Gasteiger partial charge in [-0.05, 0) is 25.1 Å². The maximum Gasteiger partial charge on any atom is 0.321 e. The van der Waals surface area contributed by atoms with E-state index in [-0.39, 0.29) is 12.1 Å². The van der Waals surface area contributed by atoms with Gasteiger partial charge in [0.2, 0.25) is 5.88 Å². The second-order valence-electron chi connectivity index (χ2n) is 5.69. The molecular weight excluding hydrogens is 328 g/mol. The first-order valence-electron chi connectivity index (χ1n) is 7.88. The van der Waals surface area contributed by atoms with Crippen molar-refractivity contribution in [3.8, 4) is 5.88 Å². The minimum atomic E-state index is -0.117. The molecule has 1 aliphatic heterocycles. The number of hydrogen-bond acceptors (Lipinski definition) is 4. The molecular formula is C17H19ClN4O2. The number of halogens is 1. The van der Waals surface area contributed by atoms with E-state index < -0.39 is 0 Å². The molecule has 0 atom stereocenters. The number of aromatic nitrogens is 2. The molecule has 2 amide bonds. The molecule has 0 bridgehead atoms. The average molecular weight is 347 g/mol. The molecule has 126 valence electrons. The van der Waals surface area contributed by atoms with Gasteiger partial charge in [0.25, 0.3) is 0 Å². The maximum absolute atomic E-state index is 12.3. The van der Waals surface area contributed by atoms with Crippen molar-refractivity contribution in [2.45, 2.75) is 25.9 Å². The molecule has 0 aliphatic carbocycles. The number of anilines is 1. The van der Waals surface area contributed by atoms with Crippen LogP contribution < -0.4 is 10.1 Å². The number of nitrogens with zero attached hydrogens (tertiary/aromatic N) is 3. The van der Waals surface area contributed by atoms with Crippen LogP contribution in [0.2, 0.25) is 5.02 Å². The average Bonchev–Trinajstić information content (AvgIpc) is 2.55. The summed E-state index contributed by atoms with van der Waals surface area (Å²) in [6.45, 7) is 3.11. The van der Waals surface area contributed by atoms with Crippen LogP contribution in [0.1, 0.15) is 18.7 Å². The number of nitrogens with one attached hydrogen (secondary N) is 1. The fourth-order valence-electron chi connectivity index (χ4n) is 2.62. The van der Waals surface area contributed by atoms with Crippen LogP contribution in [0.15, 0.2) is 36.5 Å². The van der Waals surface area contributed by atoms with Gasteiger partial charge in [-0.15, -0.1) is 0 Å². The Balaban J connectivity index is 1.50. The van der Waals surface area contributed by atoms with Crippen molar-refractivity contribution in [1.29, 1.82) is 0 Å². The molecule has 1 fully saturated rings. The molecule has 6 nitrogen and oxygen atoms in total. The summed E-state index contributed by atoms with van der Waals surface area (Å²) in [5.41, 5.74) is 0.697. The van der Waals surface area contributed by atoms with E-state index in [1.807, 2.05) is 19.1 Å². The van der Waals surface area contributed by atoms with Crippen LogP contribution in [0.5, 0.6) is 5.88 Å². The van der Waals surface area contributed by atoms with Crippen molar-refractivity contribution in [3.63, 3.8) is 0 Å². The number of urea groups is 1. The van der Waals surface area contributed by atoms with Gasteiger partial charge in [0.15, 0.2) is 0 Å². The van der Waals surface area contributed by atoms with Crippen LogP contribution in [0, 0.1) is 6.92 Å². The molecule has 1 N–H and O–H groups in total. The van der Waals surface area contributed by atoms with Crippen molar-refractivity contribution in [2.75, 3.05) is 18.4 Å². The largest absolute Gasteiger partial charge is 0.474 e. The molecule has 0 saturated carbocycles. The summed E-state index contributed by atoms with van der Waals surface area (Å²) in [4.78, 5) is 22.4. The van der Waals surface area contributed by atoms with Crippen molar-refractivity contribution < 1.29 is 9.53 Å². The number of carbonyl (C=O) groups is 1. The van der Waals surface area contributed by atoms with Crippen molar-refractivity contribution in [1.82, 2.24) is 14.9 Å². The molecule has 0 spiro atoms. The number of likely N-dealkylation sites (tertiary alicyclic amines) is 1. The van der Waals surface area contributed by atoms with Crippen LogP contribution >= 0.6 is 11.6 Å². The van der Waals surface area contributed by atoms with Gasteiger partial charge in [-0.1, -0.05) is 17.7 Å². The lowest BCUT2D eigenvalue weighted by Crippen LogP contribution is -2.43. The van der Waals surface area contributed by atoms with Gasteiger partial charge in [0, 0.05) is 48.9 Å². The van der Waals surface area contributed by atoms with E-state index >= 15 is 0 Å². The third-order valence-electron chi connectivity index (χ3n) is 3.84. The van der Waals surface area contributed by atoms with E-state index in [0.717, 1.165) is 12.8 Å². The lowest BCUT2D eigenvalue weighted by atomic mass is 10.1. The molecule has 24 heavy (non-hydrogen) atoms. The van der Waals surface area contributed by atoms with Gasteiger partial charge in [-0.25, -0.2) is 9.78 Å². The number of hydrogen-bond donors (Lipinski definition) is 1. The van der Waals surface area contributed by atoms with Crippen molar-refractivity contribution >= 4 is 23.3 Å². The highest BCUT2D eigenvalue weighted by atomic mass is 35.5. The molecule has 2 aromatic rings. The zero-order valence-electron chi connectivity index (χ0n) is 13.4. The van der Waals surface area contributed by atoms with E-state index in [4.69, 9.17) is 16.3 Å². The third-order valence-corrected chi connectivity index (χ3v) is 4.08. The van der Waals surface area contributed by atoms with Crippen LogP contribution in [0.3, 0.4) is 0 Å². The van der Waals surface area contributed by atoms with Crippen molar-refractivity contribution in [2.24, 2.45) is 0 Å². The first kappa shape index (κ1) is 16.5. The summed E-state index contributed by atoms with van der Waals surface area (Å²) in [6.07, 6.45) is 3.29. The van der Waals surface area contributed by atoms with Crippen LogP contribution in [-0.2, 0) is 0 Å². The van der Waals surface area contributed by atoms with Crippen LogP contribution in [0.25, 0.3) is 0 Å². The molecule has 1 aromatic heterocycles. The fourth-order valence-corrected chi connectivity index (χ4v) is 2.81. The summed E-state index contributed by atoms with van der Waals surface area (Å²) in [6, 6.07) is 8.76. The van der Waals surface area contributed by atoms with Gasteiger partial charge in [-0.2, -0.15) is 4.98 Å². The fraction of sp³-hybridized carbons (Fsp3) is 0.353. The lowest BCUT2D eigenvalue weighted by Gasteiger charge is -2.31. The van der Waals surface area contributed by atoms with E-state index in [9.17, 15) is 4.79 Å². The minimum Gasteiger partial charge on any atom is -0.474 e. The SMILES string of the molecule is Cc1nccc(OC2CCN(C(=O)Nc3cccc(Cl)c3)CC2)n1. The van der Waals surface area contributed by atoms with E-state index in [2.05, 4.69) is 15.3 Å². The van der Waals surface area contributed by atoms with Gasteiger partial charge in [0.05, 0.1) is 0 Å². The Hall–Kier alpha value is -2.34. The van der Waals surface area contributed by atoms with Crippen molar-refractivity contribution in [3.05, 3.63) is 47.4 Å². The quantitative estimate of drug-likeness (QED) is 0.923. The summed E-state index contributed by atoms with van der Waals surface area (Å²) >= 11 is 5.93. The summed E-state index contributed by atoms with van der Waals surface area (Å²) in [5, 5.41) is 3.46. The van der Waals surface area contributed by atoms with Gasteiger partial charge in [0.1, 0.15) is 11.9 Å². The molecule has 1 aromatic carbocycles. The molecule has 1 aliphatic rings. The highest BCUT2D eigenvalue weighted by Gasteiger charge is 2.24. The van der Waals surface area contributed by atoms with E-state index in [1.165, 1.54) is 0 Å². The van der Waals surface area contributed by atoms with E-state index in [0.29, 0.717) is 35.5 Å². The van der Waals surface area contributed by atoms with Crippen LogP contribution in [0.4, 0.5) is 10.5 Å². The number of carbonyl (C=O) groups excluding carboxylic acids is 1. The lowest BCUT2D eigenvalue weighted by molar-refractivity contribution is 0.111. The molecule has 3 rings (SSSR count). The number of rotatable bonds is 3. The number of piperidine rings is 1. The first-order chi connectivity index (χ1) is 11.6. The zero-order chi connectivity index (χ0) is 16.9. The van der Waals surface area contributed by atoms with Gasteiger partial charge in [-0.3, -0.25) is 0 Å². The number of benzene rings is 1. The minimum absolute atomic E-state index is 0.0644. The molecule has 2 heterocycles. The Kier molecular flexibility index (Phi) is 5.15. The second kappa shape index (κ2) is 7.49. The number of aryl methyl sites for hydroxylation is 1. The van der Waals surface area contributed by atoms with Crippen LogP contribution in [-0.4, -0.2) is 40.1 Å². The Morgan fingerprint density at radius 3 is 2.83 bits per heavy atom. The number of amides is 2. The monoisotopic (exact) mass is 346 g/mol. The first-order valence-corrected chi connectivity index (χ1v) is 8.26. The predicted molar refractivity (Wildman–Crippen MR) is 92.5 cm³/mol. The topological polar surface area (TPSA) is 67.3 Å². The zero-order valence-corrected chi connectivity index (χ0v) is 14.2. The van der Waals surface area contributed by atoms with Gasteiger partial charge < -0.3 is 15.0 Å². The highest BCUT2D eigenvalue weighted by Crippen LogP contribution is 2.19. The molecule has 7 heteroatoms. The Morgan fingerprint density at radius 2 is 2.12 bits per heavy atom. The summed E-state index contributed by atoms with van der Waals surface area (Å²) < 4.78 is 5.87. The summed E-state index contributed by atoms with van der Waals surface area (Å²) in [7, 11) is 0. The third kappa shape index (κ3) is 4.35. The Bertz CT molecular complexity index is 717. The molecule has 0 radical (unpaired) electrons. The smallest absolute Gasteiger partial charge is 0.321 e. The second-order valence-corrected chi connectivity index (χ2v) is 6.12. The highest BCUT2D eigenvalue weighted by molar-refractivity contribution is 6.30. The Morgan fingerprint density at radius 1 is 1.33 bits per heavy atom. The number of ether oxygens (including phenoxy) is 1. The predicted octanol–water partition coefficient (Wildman–Crippen LogP) is 3.51. The standard InChI is InChI=1S/C17H19ClN4O2/c1-12-19-8-5-16(20-12)24-15-6-9-22(10-7-15)17(23)21-14-4-2-3-13(18)11-14/h2-5,8,11,15H,6-7,9-10H2,1H3,(H,21,23). The molecule has 0 unspecified atom stereocenters.